The third kappa shape index (κ3) is 3.87. The third-order valence-electron chi connectivity index (χ3n) is 3.44. The van der Waals surface area contributed by atoms with Gasteiger partial charge in [-0.2, -0.15) is 0 Å². The number of thiazole rings is 1. The molecule has 9 heteroatoms. The molecular formula is C16H14ClFN2O2S3. The van der Waals surface area contributed by atoms with Crippen LogP contribution in [0.1, 0.15) is 16.8 Å². The number of rotatable bonds is 5. The Morgan fingerprint density at radius 3 is 2.72 bits per heavy atom. The van der Waals surface area contributed by atoms with Crippen molar-refractivity contribution in [2.24, 2.45) is 0 Å². The lowest BCUT2D eigenvalue weighted by molar-refractivity contribution is 0.601. The van der Waals surface area contributed by atoms with Crippen LogP contribution in [0.15, 0.2) is 34.5 Å². The van der Waals surface area contributed by atoms with E-state index in [-0.39, 0.29) is 15.6 Å². The van der Waals surface area contributed by atoms with Gasteiger partial charge in [-0.25, -0.2) is 17.8 Å². The number of sulfonamides is 1. The Morgan fingerprint density at radius 2 is 2.08 bits per heavy atom. The van der Waals surface area contributed by atoms with Gasteiger partial charge in [-0.3, -0.25) is 4.72 Å². The second-order valence-electron chi connectivity index (χ2n) is 5.24. The first kappa shape index (κ1) is 18.3. The van der Waals surface area contributed by atoms with Crippen LogP contribution < -0.4 is 4.72 Å². The molecule has 132 valence electrons. The molecule has 0 saturated heterocycles. The summed E-state index contributed by atoms with van der Waals surface area (Å²) in [6.07, 6.45) is 0.838. The van der Waals surface area contributed by atoms with Crippen molar-refractivity contribution in [3.05, 3.63) is 50.4 Å². The zero-order valence-electron chi connectivity index (χ0n) is 13.3. The number of aryl methyl sites for hydroxylation is 2. The molecule has 0 atom stereocenters. The molecule has 0 radical (unpaired) electrons. The van der Waals surface area contributed by atoms with E-state index in [1.54, 1.807) is 24.3 Å². The van der Waals surface area contributed by atoms with Gasteiger partial charge in [0, 0.05) is 10.3 Å². The average Bonchev–Trinajstić information content (AvgIpc) is 3.16. The molecule has 0 bridgehead atoms. The first-order valence-corrected chi connectivity index (χ1v) is 10.9. The normalized spacial score (nSPS) is 11.7. The van der Waals surface area contributed by atoms with Gasteiger partial charge in [0.2, 0.25) is 0 Å². The van der Waals surface area contributed by atoms with Crippen LogP contribution in [0, 0.1) is 12.7 Å². The predicted molar refractivity (Wildman–Crippen MR) is 102 cm³/mol. The number of anilines is 1. The predicted octanol–water partition coefficient (Wildman–Crippen LogP) is 5.34. The van der Waals surface area contributed by atoms with E-state index in [9.17, 15) is 12.8 Å². The van der Waals surface area contributed by atoms with E-state index in [0.717, 1.165) is 34.1 Å². The number of hydrogen-bond acceptors (Lipinski definition) is 5. The number of thiophene rings is 1. The van der Waals surface area contributed by atoms with E-state index in [2.05, 4.69) is 9.71 Å². The molecule has 0 amide bonds. The molecule has 0 spiro atoms. The zero-order chi connectivity index (χ0) is 18.2. The molecule has 3 rings (SSSR count). The van der Waals surface area contributed by atoms with Gasteiger partial charge in [-0.1, -0.05) is 18.5 Å². The molecule has 1 aromatic carbocycles. The van der Waals surface area contributed by atoms with Crippen molar-refractivity contribution in [1.29, 1.82) is 0 Å². The largest absolute Gasteiger partial charge is 0.278 e. The summed E-state index contributed by atoms with van der Waals surface area (Å²) >= 11 is 8.83. The summed E-state index contributed by atoms with van der Waals surface area (Å²) < 4.78 is 40.9. The van der Waals surface area contributed by atoms with E-state index < -0.39 is 15.8 Å². The summed E-state index contributed by atoms with van der Waals surface area (Å²) in [6, 6.07) is 5.12. The van der Waals surface area contributed by atoms with E-state index >= 15 is 0 Å². The molecule has 2 aromatic heterocycles. The maximum atomic E-state index is 13.1. The molecule has 0 aliphatic rings. The summed E-state index contributed by atoms with van der Waals surface area (Å²) in [5.74, 6) is -0.530. The zero-order valence-corrected chi connectivity index (χ0v) is 16.5. The second kappa shape index (κ2) is 7.03. The maximum absolute atomic E-state index is 13.1. The highest BCUT2D eigenvalue weighted by molar-refractivity contribution is 7.93. The van der Waals surface area contributed by atoms with Gasteiger partial charge >= 0.3 is 0 Å². The van der Waals surface area contributed by atoms with Gasteiger partial charge in [-0.15, -0.1) is 22.7 Å². The summed E-state index contributed by atoms with van der Waals surface area (Å²) in [5, 5.41) is 2.93. The molecule has 3 aromatic rings. The number of aromatic nitrogens is 1. The molecule has 4 nitrogen and oxygen atoms in total. The van der Waals surface area contributed by atoms with E-state index in [0.29, 0.717) is 4.88 Å². The van der Waals surface area contributed by atoms with Crippen LogP contribution >= 0.6 is 34.3 Å². The van der Waals surface area contributed by atoms with Crippen molar-refractivity contribution in [3.8, 4) is 10.6 Å². The lowest BCUT2D eigenvalue weighted by Gasteiger charge is -2.09. The summed E-state index contributed by atoms with van der Waals surface area (Å²) in [6.45, 7) is 3.76. The molecule has 0 unspecified atom stereocenters. The minimum absolute atomic E-state index is 0.00349. The van der Waals surface area contributed by atoms with Gasteiger partial charge < -0.3 is 0 Å². The smallest absolute Gasteiger partial charge is 0.263 e. The Morgan fingerprint density at radius 1 is 1.32 bits per heavy atom. The highest BCUT2D eigenvalue weighted by atomic mass is 35.5. The Balaban J connectivity index is 1.94. The molecular weight excluding hydrogens is 403 g/mol. The quantitative estimate of drug-likeness (QED) is 0.611. The van der Waals surface area contributed by atoms with Gasteiger partial charge in [0.25, 0.3) is 10.0 Å². The maximum Gasteiger partial charge on any atom is 0.263 e. The van der Waals surface area contributed by atoms with Crippen molar-refractivity contribution in [3.63, 3.8) is 0 Å². The molecule has 0 fully saturated rings. The van der Waals surface area contributed by atoms with Gasteiger partial charge in [-0.05, 0) is 37.6 Å². The van der Waals surface area contributed by atoms with Gasteiger partial charge in [0.1, 0.15) is 10.7 Å². The highest BCUT2D eigenvalue weighted by Crippen LogP contribution is 2.35. The van der Waals surface area contributed by atoms with Crippen molar-refractivity contribution >= 4 is 50.0 Å². The Bertz CT molecular complexity index is 1030. The fraction of sp³-hybridized carbons (Fsp3) is 0.188. The first-order valence-electron chi connectivity index (χ1n) is 7.33. The summed E-state index contributed by atoms with van der Waals surface area (Å²) in [7, 11) is -3.84. The second-order valence-corrected chi connectivity index (χ2v) is 9.50. The average molecular weight is 417 g/mol. The Kier molecular flexibility index (Phi) is 5.15. The minimum Gasteiger partial charge on any atom is -0.278 e. The van der Waals surface area contributed by atoms with Crippen LogP contribution in [-0.2, 0) is 16.4 Å². The lowest BCUT2D eigenvalue weighted by Crippen LogP contribution is -2.13. The topological polar surface area (TPSA) is 59.1 Å². The van der Waals surface area contributed by atoms with Gasteiger partial charge in [0.05, 0.1) is 26.3 Å². The standard InChI is InChI=1S/C16H14ClFN2O2S3/c1-3-16-19-13(8-23-16)14-7-15(9(2)24-14)25(21,22)20-12-5-4-10(18)6-11(12)17/h4-8,20H,3H2,1-2H3. The van der Waals surface area contributed by atoms with Crippen LogP contribution in [0.4, 0.5) is 10.1 Å². The Labute approximate surface area is 158 Å². The number of nitrogens with one attached hydrogen (secondary N) is 1. The number of nitrogens with zero attached hydrogens (tertiary/aromatic N) is 1. The van der Waals surface area contributed by atoms with Crippen LogP contribution in [0.2, 0.25) is 5.02 Å². The monoisotopic (exact) mass is 416 g/mol. The summed E-state index contributed by atoms with van der Waals surface area (Å²) in [5.41, 5.74) is 0.911. The fourth-order valence-corrected chi connectivity index (χ4v) is 5.94. The first-order chi connectivity index (χ1) is 11.8. The van der Waals surface area contributed by atoms with Crippen LogP contribution in [-0.4, -0.2) is 13.4 Å². The van der Waals surface area contributed by atoms with E-state index in [1.165, 1.54) is 17.4 Å². The van der Waals surface area contributed by atoms with Crippen LogP contribution in [0.25, 0.3) is 10.6 Å². The molecule has 2 heterocycles. The minimum atomic E-state index is -3.84. The highest BCUT2D eigenvalue weighted by Gasteiger charge is 2.22. The van der Waals surface area contributed by atoms with Crippen molar-refractivity contribution < 1.29 is 12.8 Å². The molecule has 1 N–H and O–H groups in total. The van der Waals surface area contributed by atoms with Gasteiger partial charge in [0.15, 0.2) is 0 Å². The molecule has 0 aliphatic carbocycles. The number of halogens is 2. The van der Waals surface area contributed by atoms with Crippen LogP contribution in [0.5, 0.6) is 0 Å². The fourth-order valence-electron chi connectivity index (χ4n) is 2.22. The molecule has 0 saturated carbocycles. The van der Waals surface area contributed by atoms with E-state index in [4.69, 9.17) is 11.6 Å². The molecule has 0 aliphatic heterocycles. The van der Waals surface area contributed by atoms with Crippen molar-refractivity contribution in [2.75, 3.05) is 4.72 Å². The number of benzene rings is 1. The summed E-state index contributed by atoms with van der Waals surface area (Å²) in [4.78, 5) is 6.10. The third-order valence-corrected chi connectivity index (χ3v) is 7.44. The van der Waals surface area contributed by atoms with Crippen LogP contribution in [0.3, 0.4) is 0 Å². The SMILES string of the molecule is CCc1nc(-c2cc(S(=O)(=O)Nc3ccc(F)cc3Cl)c(C)s2)cs1. The van der Waals surface area contributed by atoms with Crippen molar-refractivity contribution in [2.45, 2.75) is 25.2 Å². The molecule has 25 heavy (non-hydrogen) atoms. The lowest BCUT2D eigenvalue weighted by atomic mass is 10.3. The van der Waals surface area contributed by atoms with E-state index in [1.807, 2.05) is 12.3 Å². The Hall–Kier alpha value is -1.48. The van der Waals surface area contributed by atoms with Crippen molar-refractivity contribution in [1.82, 2.24) is 4.98 Å². The number of hydrogen-bond donors (Lipinski definition) is 1.